The van der Waals surface area contributed by atoms with Gasteiger partial charge in [-0.15, -0.1) is 0 Å². The molecule has 0 saturated carbocycles. The molecule has 41 heavy (non-hydrogen) atoms. The molecule has 196 valence electrons. The van der Waals surface area contributed by atoms with Crippen LogP contribution in [-0.4, -0.2) is 0 Å². The van der Waals surface area contributed by atoms with Crippen LogP contribution in [0, 0.1) is 0 Å². The zero-order valence-electron chi connectivity index (χ0n) is 23.0. The minimum atomic E-state index is 0.332. The molecule has 0 amide bonds. The predicted octanol–water partition coefficient (Wildman–Crippen LogP) is 10.1. The monoisotopic (exact) mass is 525 g/mol. The summed E-state index contributed by atoms with van der Waals surface area (Å²) < 4.78 is 0. The molecule has 1 aliphatic heterocycles. The molecule has 0 aromatic heterocycles. The van der Waals surface area contributed by atoms with Crippen molar-refractivity contribution in [3.63, 3.8) is 0 Å². The van der Waals surface area contributed by atoms with Gasteiger partial charge in [0.25, 0.3) is 0 Å². The first kappa shape index (κ1) is 23.1. The maximum Gasteiger partial charge on any atom is 0.0417 e. The number of hydrogen-bond donors (Lipinski definition) is 1. The second-order valence-corrected chi connectivity index (χ2v) is 12.0. The summed E-state index contributed by atoms with van der Waals surface area (Å²) in [7, 11) is 0. The molecule has 9 rings (SSSR count). The number of allylic oxidation sites excluding steroid dienone is 4. The minimum Gasteiger partial charge on any atom is -0.355 e. The molecule has 0 saturated heterocycles. The van der Waals surface area contributed by atoms with Crippen molar-refractivity contribution in [2.24, 2.45) is 0 Å². The summed E-state index contributed by atoms with van der Waals surface area (Å²) in [4.78, 5) is 0. The second kappa shape index (κ2) is 8.94. The van der Waals surface area contributed by atoms with E-state index in [1.165, 1.54) is 72.6 Å². The third-order valence-corrected chi connectivity index (χ3v) is 9.92. The second-order valence-electron chi connectivity index (χ2n) is 12.0. The van der Waals surface area contributed by atoms with Crippen molar-refractivity contribution in [1.82, 2.24) is 0 Å². The standard InChI is InChI=1S/C40H31N/c1-8-16-37-25(9-1)17-18-28-23-26(20-22-38(28)41-37)27-19-21-32-31-12-4-6-14-34(31)39-33-13-5-2-10-29(33)30-11-3-7-15-35(30)40(39)36(32)24-27/h1-16,20,22-24,39-41H,17-19,21H2. The molecule has 0 bridgehead atoms. The molecular weight excluding hydrogens is 494 g/mol. The molecule has 0 fully saturated rings. The van der Waals surface area contributed by atoms with Crippen LogP contribution in [0.3, 0.4) is 0 Å². The number of hydrogen-bond acceptors (Lipinski definition) is 1. The van der Waals surface area contributed by atoms with Crippen LogP contribution < -0.4 is 5.32 Å². The van der Waals surface area contributed by atoms with Gasteiger partial charge in [0, 0.05) is 23.2 Å². The first-order valence-corrected chi connectivity index (χ1v) is 15.0. The Balaban J connectivity index is 1.20. The number of aryl methyl sites for hydroxylation is 2. The van der Waals surface area contributed by atoms with Crippen LogP contribution in [0.25, 0.3) is 22.3 Å². The van der Waals surface area contributed by atoms with Gasteiger partial charge in [0.2, 0.25) is 0 Å². The van der Waals surface area contributed by atoms with Crippen molar-refractivity contribution >= 4 is 22.5 Å². The lowest BCUT2D eigenvalue weighted by Gasteiger charge is -2.43. The van der Waals surface area contributed by atoms with E-state index in [1.54, 1.807) is 5.57 Å². The number of nitrogens with one attached hydrogen (secondary N) is 1. The Morgan fingerprint density at radius 3 is 1.90 bits per heavy atom. The highest BCUT2D eigenvalue weighted by Gasteiger charge is 2.42. The van der Waals surface area contributed by atoms with Crippen LogP contribution in [-0.2, 0) is 12.8 Å². The molecule has 5 aromatic carbocycles. The van der Waals surface area contributed by atoms with Crippen molar-refractivity contribution in [1.29, 1.82) is 0 Å². The molecule has 1 N–H and O–H groups in total. The smallest absolute Gasteiger partial charge is 0.0417 e. The third kappa shape index (κ3) is 3.48. The van der Waals surface area contributed by atoms with E-state index in [2.05, 4.69) is 127 Å². The van der Waals surface area contributed by atoms with Gasteiger partial charge in [0.05, 0.1) is 0 Å². The average molecular weight is 526 g/mol. The first-order chi connectivity index (χ1) is 20.3. The molecule has 1 nitrogen and oxygen atoms in total. The summed E-state index contributed by atoms with van der Waals surface area (Å²) in [5.74, 6) is 0.666. The largest absolute Gasteiger partial charge is 0.355 e. The lowest BCUT2D eigenvalue weighted by molar-refractivity contribution is 0.666. The van der Waals surface area contributed by atoms with Crippen LogP contribution in [0.15, 0.2) is 127 Å². The Hall–Kier alpha value is -4.62. The normalized spacial score (nSPS) is 19.6. The summed E-state index contributed by atoms with van der Waals surface area (Å²) in [6.07, 6.45) is 6.89. The average Bonchev–Trinajstić information content (AvgIpc) is 3.23. The molecule has 2 atom stereocenters. The van der Waals surface area contributed by atoms with Gasteiger partial charge in [-0.3, -0.25) is 0 Å². The Kier molecular flexibility index (Phi) is 5.04. The van der Waals surface area contributed by atoms with E-state index in [0.717, 1.165) is 25.7 Å². The minimum absolute atomic E-state index is 0.332. The first-order valence-electron chi connectivity index (χ1n) is 15.0. The molecule has 1 heterocycles. The number of fused-ring (bicyclic) bond motifs is 12. The number of rotatable bonds is 1. The van der Waals surface area contributed by atoms with Crippen molar-refractivity contribution in [3.8, 4) is 11.1 Å². The van der Waals surface area contributed by atoms with Crippen molar-refractivity contribution in [2.45, 2.75) is 37.5 Å². The molecule has 2 unspecified atom stereocenters. The summed E-state index contributed by atoms with van der Waals surface area (Å²) >= 11 is 0. The van der Waals surface area contributed by atoms with Gasteiger partial charge < -0.3 is 5.32 Å². The highest BCUT2D eigenvalue weighted by atomic mass is 14.9. The number of anilines is 2. The molecule has 0 spiro atoms. The quantitative estimate of drug-likeness (QED) is 0.230. The van der Waals surface area contributed by atoms with E-state index in [0.29, 0.717) is 11.8 Å². The maximum atomic E-state index is 3.72. The van der Waals surface area contributed by atoms with E-state index in [9.17, 15) is 0 Å². The van der Waals surface area contributed by atoms with E-state index in [-0.39, 0.29) is 0 Å². The Morgan fingerprint density at radius 2 is 1.10 bits per heavy atom. The van der Waals surface area contributed by atoms with Crippen LogP contribution >= 0.6 is 0 Å². The molecule has 3 aliphatic carbocycles. The van der Waals surface area contributed by atoms with Gasteiger partial charge in [0.1, 0.15) is 0 Å². The van der Waals surface area contributed by atoms with Gasteiger partial charge in [-0.1, -0.05) is 103 Å². The van der Waals surface area contributed by atoms with E-state index >= 15 is 0 Å². The summed E-state index contributed by atoms with van der Waals surface area (Å²) in [6.45, 7) is 0. The van der Waals surface area contributed by atoms with Gasteiger partial charge >= 0.3 is 0 Å². The van der Waals surface area contributed by atoms with Crippen LogP contribution in [0.5, 0.6) is 0 Å². The van der Waals surface area contributed by atoms with Gasteiger partial charge in [0.15, 0.2) is 0 Å². The SMILES string of the molecule is C1=C(c2ccc3c(c2)CCc2ccccc2N3)CCC2=C1C1c3ccccc3-c3ccccc3C1c1ccccc12. The fourth-order valence-electron chi connectivity index (χ4n) is 8.07. The maximum absolute atomic E-state index is 3.72. The van der Waals surface area contributed by atoms with Crippen LogP contribution in [0.2, 0.25) is 0 Å². The summed E-state index contributed by atoms with van der Waals surface area (Å²) in [6, 6.07) is 43.3. The number of para-hydroxylation sites is 1. The van der Waals surface area contributed by atoms with Gasteiger partial charge in [-0.25, -0.2) is 0 Å². The Labute approximate surface area is 241 Å². The predicted molar refractivity (Wildman–Crippen MR) is 171 cm³/mol. The molecule has 4 aliphatic rings. The summed E-state index contributed by atoms with van der Waals surface area (Å²) in [5.41, 5.74) is 19.9. The molecule has 0 radical (unpaired) electrons. The highest BCUT2D eigenvalue weighted by molar-refractivity contribution is 5.90. The molecule has 5 aromatic rings. The Bertz CT molecular complexity index is 1940. The number of benzene rings is 5. The fraction of sp³-hybridized carbons (Fsp3) is 0.150. The van der Waals surface area contributed by atoms with Crippen molar-refractivity contribution in [2.75, 3.05) is 5.32 Å². The lowest BCUT2D eigenvalue weighted by atomic mass is 9.60. The van der Waals surface area contributed by atoms with Gasteiger partial charge in [-0.2, -0.15) is 0 Å². The fourth-order valence-corrected chi connectivity index (χ4v) is 8.07. The highest BCUT2D eigenvalue weighted by Crippen LogP contribution is 2.59. The zero-order chi connectivity index (χ0) is 26.9. The third-order valence-electron chi connectivity index (χ3n) is 9.92. The van der Waals surface area contributed by atoms with E-state index in [1.807, 2.05) is 0 Å². The van der Waals surface area contributed by atoms with Crippen LogP contribution in [0.1, 0.15) is 63.6 Å². The topological polar surface area (TPSA) is 12.0 Å². The zero-order valence-corrected chi connectivity index (χ0v) is 23.0. The molecular formula is C40H31N. The van der Waals surface area contributed by atoms with E-state index < -0.39 is 0 Å². The molecule has 1 heteroatoms. The summed E-state index contributed by atoms with van der Waals surface area (Å²) in [5, 5.41) is 3.72. The van der Waals surface area contributed by atoms with Crippen molar-refractivity contribution in [3.05, 3.63) is 166 Å². The lowest BCUT2D eigenvalue weighted by Crippen LogP contribution is -2.26. The van der Waals surface area contributed by atoms with Crippen LogP contribution in [0.4, 0.5) is 11.4 Å². The Morgan fingerprint density at radius 1 is 0.488 bits per heavy atom. The van der Waals surface area contributed by atoms with E-state index in [4.69, 9.17) is 0 Å². The van der Waals surface area contributed by atoms with Gasteiger partial charge in [-0.05, 0) is 111 Å². The van der Waals surface area contributed by atoms with Crippen molar-refractivity contribution < 1.29 is 0 Å².